The van der Waals surface area contributed by atoms with E-state index in [-0.39, 0.29) is 29.4 Å². The first-order valence-corrected chi connectivity index (χ1v) is 12.2. The van der Waals surface area contributed by atoms with Crippen molar-refractivity contribution in [1.29, 1.82) is 0 Å². The third-order valence-electron chi connectivity index (χ3n) is 6.75. The number of likely N-dealkylation sites (N-methyl/N-ethyl adjacent to an activating group) is 1. The molecule has 0 bridgehead atoms. The molecule has 34 heavy (non-hydrogen) atoms. The fourth-order valence-corrected chi connectivity index (χ4v) is 4.89. The Morgan fingerprint density at radius 2 is 1.53 bits per heavy atom. The predicted octanol–water partition coefficient (Wildman–Crippen LogP) is 6.23. The third kappa shape index (κ3) is 5.31. The van der Waals surface area contributed by atoms with Crippen LogP contribution in [0.25, 0.3) is 0 Å². The van der Waals surface area contributed by atoms with Gasteiger partial charge < -0.3 is 24.6 Å². The second-order valence-corrected chi connectivity index (χ2v) is 9.02. The molecular weight excluding hydrogens is 426 g/mol. The van der Waals surface area contributed by atoms with E-state index in [4.69, 9.17) is 9.47 Å². The first kappa shape index (κ1) is 24.0. The zero-order valence-electron chi connectivity index (χ0n) is 20.3. The molecule has 5 heteroatoms. The van der Waals surface area contributed by atoms with Crippen LogP contribution in [0.2, 0.25) is 0 Å². The van der Waals surface area contributed by atoms with Gasteiger partial charge in [-0.15, -0.1) is 0 Å². The molecule has 4 rings (SSSR count). The fraction of sp³-hybridized carbons (Fsp3) is 0.379. The Hall–Kier alpha value is -3.18. The molecule has 1 aliphatic rings. The molecule has 3 aromatic rings. The molecule has 0 aromatic heterocycles. The molecule has 0 spiro atoms. The minimum Gasteiger partial charge on any atom is -0.508 e. The molecule has 3 atom stereocenters. The van der Waals surface area contributed by atoms with Crippen molar-refractivity contribution in [2.45, 2.75) is 45.1 Å². The number of phenols is 2. The number of rotatable bonds is 9. The van der Waals surface area contributed by atoms with Crippen molar-refractivity contribution >= 4 is 0 Å². The summed E-state index contributed by atoms with van der Waals surface area (Å²) in [6, 6.07) is 20.8. The molecule has 1 unspecified atom stereocenters. The molecular formula is C29H35NO4. The molecule has 0 amide bonds. The van der Waals surface area contributed by atoms with Gasteiger partial charge in [-0.3, -0.25) is 0 Å². The monoisotopic (exact) mass is 461 g/mol. The summed E-state index contributed by atoms with van der Waals surface area (Å²) in [5, 5.41) is 19.9. The Morgan fingerprint density at radius 3 is 2.21 bits per heavy atom. The summed E-state index contributed by atoms with van der Waals surface area (Å²) in [5.74, 6) is 2.26. The molecule has 0 radical (unpaired) electrons. The lowest BCUT2D eigenvalue weighted by atomic mass is 9.75. The highest BCUT2D eigenvalue weighted by Gasteiger charge is 2.38. The molecule has 0 saturated heterocycles. The van der Waals surface area contributed by atoms with E-state index in [1.54, 1.807) is 24.3 Å². The third-order valence-corrected chi connectivity index (χ3v) is 6.75. The van der Waals surface area contributed by atoms with Crippen LogP contribution in [0.3, 0.4) is 0 Å². The lowest BCUT2D eigenvalue weighted by Crippen LogP contribution is -2.29. The number of fused-ring (bicyclic) bond motifs is 1. The Kier molecular flexibility index (Phi) is 7.63. The van der Waals surface area contributed by atoms with Crippen LogP contribution in [0.4, 0.5) is 0 Å². The van der Waals surface area contributed by atoms with Crippen LogP contribution in [-0.2, 0) is 0 Å². The van der Waals surface area contributed by atoms with Gasteiger partial charge in [0.2, 0.25) is 0 Å². The normalized spacial score (nSPS) is 19.5. The summed E-state index contributed by atoms with van der Waals surface area (Å²) < 4.78 is 12.5. The Morgan fingerprint density at radius 1 is 0.853 bits per heavy atom. The number of hydrogen-bond donors (Lipinski definition) is 2. The molecule has 1 heterocycles. The summed E-state index contributed by atoms with van der Waals surface area (Å²) in [4.78, 5) is 2.39. The highest BCUT2D eigenvalue weighted by atomic mass is 16.5. The summed E-state index contributed by atoms with van der Waals surface area (Å²) in [7, 11) is 0. The number of nitrogens with zero attached hydrogens (tertiary/aromatic N) is 1. The lowest BCUT2D eigenvalue weighted by Gasteiger charge is -2.39. The van der Waals surface area contributed by atoms with E-state index >= 15 is 0 Å². The maximum atomic E-state index is 10.1. The second-order valence-electron chi connectivity index (χ2n) is 9.02. The molecule has 0 aliphatic carbocycles. The van der Waals surface area contributed by atoms with Crippen molar-refractivity contribution < 1.29 is 19.7 Å². The van der Waals surface area contributed by atoms with Crippen LogP contribution < -0.4 is 9.47 Å². The van der Waals surface area contributed by atoms with Crippen LogP contribution >= 0.6 is 0 Å². The van der Waals surface area contributed by atoms with E-state index in [1.807, 2.05) is 30.3 Å². The Labute approximate surface area is 202 Å². The van der Waals surface area contributed by atoms with Gasteiger partial charge in [0.15, 0.2) is 0 Å². The zero-order valence-corrected chi connectivity index (χ0v) is 20.3. The highest BCUT2D eigenvalue weighted by molar-refractivity contribution is 5.48. The maximum absolute atomic E-state index is 10.1. The number of aromatic hydroxyl groups is 2. The van der Waals surface area contributed by atoms with Gasteiger partial charge in [-0.25, -0.2) is 0 Å². The lowest BCUT2D eigenvalue weighted by molar-refractivity contribution is 0.136. The number of phenolic OH excluding ortho intramolecular Hbond substituents is 2. The average Bonchev–Trinajstić information content (AvgIpc) is 2.85. The van der Waals surface area contributed by atoms with Gasteiger partial charge in [-0.2, -0.15) is 0 Å². The zero-order chi connectivity index (χ0) is 24.1. The van der Waals surface area contributed by atoms with Gasteiger partial charge in [0.1, 0.15) is 35.7 Å². The van der Waals surface area contributed by atoms with E-state index in [0.717, 1.165) is 54.2 Å². The van der Waals surface area contributed by atoms with Crippen molar-refractivity contribution in [3.63, 3.8) is 0 Å². The Bertz CT molecular complexity index is 1060. The van der Waals surface area contributed by atoms with Crippen LogP contribution in [0.15, 0.2) is 66.7 Å². The topological polar surface area (TPSA) is 62.2 Å². The van der Waals surface area contributed by atoms with Crippen molar-refractivity contribution in [2.24, 2.45) is 0 Å². The largest absolute Gasteiger partial charge is 0.508 e. The van der Waals surface area contributed by atoms with E-state index in [0.29, 0.717) is 6.61 Å². The van der Waals surface area contributed by atoms with Gasteiger partial charge in [-0.05, 0) is 79.0 Å². The van der Waals surface area contributed by atoms with Crippen LogP contribution in [-0.4, -0.2) is 41.4 Å². The SMILES string of the molecule is CCCN(CC)CCOc1ccc([C@H]2Oc3ccc(O)cc3[C@@H](C)C2c2ccc(O)cc2)cc1. The van der Waals surface area contributed by atoms with Gasteiger partial charge in [0, 0.05) is 18.0 Å². The summed E-state index contributed by atoms with van der Waals surface area (Å²) >= 11 is 0. The van der Waals surface area contributed by atoms with E-state index < -0.39 is 0 Å². The fourth-order valence-electron chi connectivity index (χ4n) is 4.89. The van der Waals surface area contributed by atoms with Crippen molar-refractivity contribution in [1.82, 2.24) is 4.90 Å². The minimum absolute atomic E-state index is 0.0221. The van der Waals surface area contributed by atoms with Crippen molar-refractivity contribution in [3.8, 4) is 23.0 Å². The molecule has 0 saturated carbocycles. The van der Waals surface area contributed by atoms with Gasteiger partial charge in [-0.1, -0.05) is 45.0 Å². The van der Waals surface area contributed by atoms with Crippen molar-refractivity contribution in [3.05, 3.63) is 83.4 Å². The first-order chi connectivity index (χ1) is 16.5. The molecule has 1 aliphatic heterocycles. The van der Waals surface area contributed by atoms with Crippen molar-refractivity contribution in [2.75, 3.05) is 26.2 Å². The van der Waals surface area contributed by atoms with Gasteiger partial charge in [0.25, 0.3) is 0 Å². The second kappa shape index (κ2) is 10.8. The Balaban J connectivity index is 1.56. The highest BCUT2D eigenvalue weighted by Crippen LogP contribution is 2.51. The van der Waals surface area contributed by atoms with Gasteiger partial charge in [0.05, 0.1) is 0 Å². The van der Waals surface area contributed by atoms with Gasteiger partial charge >= 0.3 is 0 Å². The maximum Gasteiger partial charge on any atom is 0.131 e. The average molecular weight is 462 g/mol. The quantitative estimate of drug-likeness (QED) is 0.396. The first-order valence-electron chi connectivity index (χ1n) is 12.2. The standard InChI is InChI=1S/C29H35NO4/c1-4-16-30(5-2)17-18-33-25-13-8-22(9-14-25)29-28(21-6-10-23(31)11-7-21)20(3)26-19-24(32)12-15-27(26)34-29/h6-15,19-20,28-29,31-32H,4-5,16-18H2,1-3H3/t20-,28?,29-/m1/s1. The van der Waals surface area contributed by atoms with E-state index in [1.165, 1.54) is 0 Å². The number of benzene rings is 3. The summed E-state index contributed by atoms with van der Waals surface area (Å²) in [5.41, 5.74) is 3.14. The predicted molar refractivity (Wildman–Crippen MR) is 135 cm³/mol. The molecule has 3 aromatic carbocycles. The number of ether oxygens (including phenoxy) is 2. The molecule has 5 nitrogen and oxygen atoms in total. The number of hydrogen-bond acceptors (Lipinski definition) is 5. The molecule has 180 valence electrons. The van der Waals surface area contributed by atoms with E-state index in [9.17, 15) is 10.2 Å². The van der Waals surface area contributed by atoms with E-state index in [2.05, 4.69) is 37.8 Å². The summed E-state index contributed by atoms with van der Waals surface area (Å²) in [6.45, 7) is 10.2. The van der Waals surface area contributed by atoms with Crippen LogP contribution in [0.1, 0.15) is 61.8 Å². The molecule has 2 N–H and O–H groups in total. The molecule has 0 fully saturated rings. The smallest absolute Gasteiger partial charge is 0.131 e. The minimum atomic E-state index is -0.203. The van der Waals surface area contributed by atoms with Crippen LogP contribution in [0.5, 0.6) is 23.0 Å². The summed E-state index contributed by atoms with van der Waals surface area (Å²) in [6.07, 6.45) is 0.943. The van der Waals surface area contributed by atoms with Crippen LogP contribution in [0, 0.1) is 0 Å².